The number of rotatable bonds is 11. The van der Waals surface area contributed by atoms with E-state index in [2.05, 4.69) is 57.3 Å². The average Bonchev–Trinajstić information content (AvgIpc) is 4.32. The van der Waals surface area contributed by atoms with E-state index in [1.807, 2.05) is 63.4 Å². The number of hydrogen-bond donors (Lipinski definition) is 0. The van der Waals surface area contributed by atoms with Crippen LogP contribution >= 0.6 is 45.2 Å². The second-order valence-corrected chi connectivity index (χ2v) is 22.6. The van der Waals surface area contributed by atoms with Crippen LogP contribution in [0, 0.1) is 56.7 Å². The summed E-state index contributed by atoms with van der Waals surface area (Å²) in [5.74, 6) is 0.297. The Balaban J connectivity index is 0.000000134. The summed E-state index contributed by atoms with van der Waals surface area (Å²) in [7, 11) is 5.03. The fourth-order valence-electron chi connectivity index (χ4n) is 7.73. The van der Waals surface area contributed by atoms with Gasteiger partial charge in [0.2, 0.25) is 22.7 Å². The zero-order valence-electron chi connectivity index (χ0n) is 45.3. The number of aromatic nitrogens is 6. The van der Waals surface area contributed by atoms with Gasteiger partial charge in [-0.15, -0.1) is 0 Å². The number of halogens is 6. The molecule has 418 valence electrons. The molecule has 81 heavy (non-hydrogen) atoms. The molecular formula is C58H55BF4I2N10O6. The molecule has 0 N–H and O–H groups in total. The maximum Gasteiger partial charge on any atom is 0.514 e. The van der Waals surface area contributed by atoms with Crippen molar-refractivity contribution >= 4 is 80.6 Å². The average molecular weight is 1330 g/mol. The summed E-state index contributed by atoms with van der Waals surface area (Å²) in [6, 6.07) is 16.3. The van der Waals surface area contributed by atoms with Gasteiger partial charge in [-0.1, -0.05) is 22.6 Å². The smallest absolute Gasteiger partial charge is 0.501 e. The zero-order valence-corrected chi connectivity index (χ0v) is 49.6. The summed E-state index contributed by atoms with van der Waals surface area (Å²) < 4.78 is 94.3. The van der Waals surface area contributed by atoms with Crippen molar-refractivity contribution in [3.63, 3.8) is 0 Å². The third-order valence-corrected chi connectivity index (χ3v) is 15.2. The first-order valence-electron chi connectivity index (χ1n) is 25.8. The van der Waals surface area contributed by atoms with E-state index < -0.39 is 17.5 Å². The topological polar surface area (TPSA) is 126 Å². The van der Waals surface area contributed by atoms with Gasteiger partial charge in [0.1, 0.15) is 46.3 Å². The lowest BCUT2D eigenvalue weighted by molar-refractivity contribution is 0.00578. The number of nitrogens with zero attached hydrogens (tertiary/aromatic N) is 10. The molecule has 0 spiro atoms. The molecule has 1 saturated heterocycles. The third kappa shape index (κ3) is 14.9. The molecule has 0 bridgehead atoms. The van der Waals surface area contributed by atoms with Gasteiger partial charge in [0.15, 0.2) is 0 Å². The molecule has 16 nitrogen and oxygen atoms in total. The molecule has 5 fully saturated rings. The van der Waals surface area contributed by atoms with Crippen molar-refractivity contribution < 1.29 is 45.8 Å². The highest BCUT2D eigenvalue weighted by atomic mass is 127. The summed E-state index contributed by atoms with van der Waals surface area (Å²) in [4.78, 5) is 13.4. The van der Waals surface area contributed by atoms with Gasteiger partial charge in [0.25, 0.3) is 0 Å². The Morgan fingerprint density at radius 3 is 1.42 bits per heavy atom. The van der Waals surface area contributed by atoms with Crippen LogP contribution in [0.4, 0.5) is 40.3 Å². The van der Waals surface area contributed by atoms with E-state index in [4.69, 9.17) is 54.5 Å². The fourth-order valence-corrected chi connectivity index (χ4v) is 9.04. The van der Waals surface area contributed by atoms with Crippen LogP contribution in [0.15, 0.2) is 85.3 Å². The van der Waals surface area contributed by atoms with Gasteiger partial charge in [-0.2, -0.15) is 15.3 Å². The molecule has 4 aromatic carbocycles. The molecule has 3 aromatic heterocycles. The maximum absolute atomic E-state index is 14.3. The van der Waals surface area contributed by atoms with Crippen LogP contribution in [-0.2, 0) is 30.5 Å². The highest BCUT2D eigenvalue weighted by Gasteiger charge is 2.52. The molecule has 0 atom stereocenters. The summed E-state index contributed by atoms with van der Waals surface area (Å²) in [6.45, 7) is 36.6. The molecule has 0 unspecified atom stereocenters. The van der Waals surface area contributed by atoms with Crippen molar-refractivity contribution in [3.05, 3.63) is 161 Å². The minimum atomic E-state index is -0.433. The van der Waals surface area contributed by atoms with Crippen LogP contribution in [0.5, 0.6) is 23.0 Å². The minimum absolute atomic E-state index is 0.166. The summed E-state index contributed by atoms with van der Waals surface area (Å²) in [5, 5.41) is 12.2. The second-order valence-electron chi connectivity index (χ2n) is 20.3. The quantitative estimate of drug-likeness (QED) is 0.0538. The van der Waals surface area contributed by atoms with Crippen LogP contribution in [0.25, 0.3) is 41.9 Å². The zero-order chi connectivity index (χ0) is 58.3. The Morgan fingerprint density at radius 1 is 0.543 bits per heavy atom. The number of hydrogen-bond acceptors (Lipinski definition) is 9. The normalized spacial score (nSPS) is 16.1. The van der Waals surface area contributed by atoms with Crippen molar-refractivity contribution in [2.45, 2.75) is 115 Å². The van der Waals surface area contributed by atoms with E-state index in [1.54, 1.807) is 52.8 Å². The fraction of sp³-hybridized carbons (Fsp3) is 0.362. The maximum atomic E-state index is 14.3. The summed E-state index contributed by atoms with van der Waals surface area (Å²) >= 11 is 3.92. The molecule has 5 aliphatic rings. The molecule has 0 amide bonds. The standard InChI is InChI=1S/C14H11FIN3O.C14H12FN3O.C10H17BN2O2.C10H7FINO.C10H8FNO/c1-17-13-11(20-8-3-4-8)6-5-9(15)12(13)14-10(16)7-18-19(14)2;1-16-14-12(19-9-3-4-9)6-5-10(15)13(14)11-7-8-17-18(11)2;1-9(2)10(3,4)15-11(14-9)8-6-7-12-13(8)5;1-13-10-8(14-6-2-3-6)5-4-7(11)9(10)12;1-12-9-6-7(11)2-5-10(9)13-8-3-4-8/h5-8H,3-4H2,2H3;5-9H,3-4H2,2H3;6-7H,1-5H3;4-6H,2-3H2;2,5-6,8H,3-4H2. The van der Waals surface area contributed by atoms with Gasteiger partial charge >= 0.3 is 7.12 Å². The first-order chi connectivity index (χ1) is 38.7. The Labute approximate surface area is 495 Å². The van der Waals surface area contributed by atoms with Crippen LogP contribution in [0.1, 0.15) is 79.1 Å². The van der Waals surface area contributed by atoms with E-state index in [9.17, 15) is 17.6 Å². The molecule has 0 radical (unpaired) electrons. The first-order valence-corrected chi connectivity index (χ1v) is 27.9. The number of benzene rings is 4. The molecule has 4 aliphatic carbocycles. The molecule has 23 heteroatoms. The lowest BCUT2D eigenvalue weighted by Crippen LogP contribution is -2.41. The van der Waals surface area contributed by atoms with Crippen molar-refractivity contribution in [1.82, 2.24) is 29.3 Å². The van der Waals surface area contributed by atoms with Gasteiger partial charge in [-0.05, 0) is 168 Å². The highest BCUT2D eigenvalue weighted by molar-refractivity contribution is 14.1. The van der Waals surface area contributed by atoms with E-state index in [1.165, 1.54) is 54.6 Å². The Kier molecular flexibility index (Phi) is 19.0. The second kappa shape index (κ2) is 25.7. The summed E-state index contributed by atoms with van der Waals surface area (Å²) in [6.07, 6.45) is 13.9. The Hall–Kier alpha value is -7.17. The lowest BCUT2D eigenvalue weighted by Gasteiger charge is -2.32. The SMILES string of the molecule is Cn1nccc1B1OC(C)(C)C(C)(C)O1.[C-]#[N+]c1c(OC2CC2)ccc(F)c1-c1c(I)cnn1C.[C-]#[N+]c1c(OC2CC2)ccc(F)c1-c1ccnn1C.[C-]#[N+]c1c(OC2CC2)ccc(F)c1I.[C-]#[N+]c1cc(F)ccc1OC1CC1. The molecule has 12 rings (SSSR count). The minimum Gasteiger partial charge on any atom is -0.501 e. The van der Waals surface area contributed by atoms with E-state index >= 15 is 0 Å². The Bertz CT molecular complexity index is 3570. The van der Waals surface area contributed by atoms with E-state index in [-0.39, 0.29) is 82.4 Å². The molecule has 1 aliphatic heterocycles. The number of ether oxygens (including phenoxy) is 4. The third-order valence-electron chi connectivity index (χ3n) is 13.4. The van der Waals surface area contributed by atoms with Crippen molar-refractivity contribution in [1.29, 1.82) is 0 Å². The molecule has 4 heterocycles. The number of aryl methyl sites for hydroxylation is 3. The Morgan fingerprint density at radius 2 is 0.988 bits per heavy atom. The van der Waals surface area contributed by atoms with Gasteiger partial charge in [0, 0.05) is 44.7 Å². The molecule has 7 aromatic rings. The molecule has 4 saturated carbocycles. The van der Waals surface area contributed by atoms with Crippen molar-refractivity contribution in [3.8, 4) is 45.5 Å². The van der Waals surface area contributed by atoms with Crippen LogP contribution in [0.3, 0.4) is 0 Å². The largest absolute Gasteiger partial charge is 0.514 e. The lowest BCUT2D eigenvalue weighted by atomic mass is 9.85. The van der Waals surface area contributed by atoms with E-state index in [0.29, 0.717) is 38.0 Å². The summed E-state index contributed by atoms with van der Waals surface area (Å²) in [5.41, 5.74) is 3.06. The predicted octanol–water partition coefficient (Wildman–Crippen LogP) is 14.4. The van der Waals surface area contributed by atoms with Crippen molar-refractivity contribution in [2.24, 2.45) is 21.1 Å². The molecular weight excluding hydrogens is 1270 g/mol. The van der Waals surface area contributed by atoms with Gasteiger partial charge in [0.05, 0.1) is 92.2 Å². The predicted molar refractivity (Wildman–Crippen MR) is 314 cm³/mol. The van der Waals surface area contributed by atoms with Crippen LogP contribution in [-0.4, -0.2) is 72.1 Å². The van der Waals surface area contributed by atoms with Crippen molar-refractivity contribution in [2.75, 3.05) is 0 Å². The van der Waals surface area contributed by atoms with Gasteiger partial charge in [-0.3, -0.25) is 14.0 Å². The van der Waals surface area contributed by atoms with Crippen LogP contribution in [0.2, 0.25) is 0 Å². The van der Waals surface area contributed by atoms with Crippen LogP contribution < -0.4 is 24.5 Å². The first kappa shape index (κ1) is 59.9. The van der Waals surface area contributed by atoms with Gasteiger partial charge in [-0.25, -0.2) is 36.9 Å². The monoisotopic (exact) mass is 1330 g/mol. The highest BCUT2D eigenvalue weighted by Crippen LogP contribution is 2.45. The van der Waals surface area contributed by atoms with Gasteiger partial charge < -0.3 is 28.3 Å². The van der Waals surface area contributed by atoms with E-state index in [0.717, 1.165) is 60.5 Å².